The van der Waals surface area contributed by atoms with E-state index in [2.05, 4.69) is 4.72 Å². The largest absolute Gasteiger partial charge is 0.480 e. The van der Waals surface area contributed by atoms with Gasteiger partial charge in [0.2, 0.25) is 10.0 Å². The number of carbonyl (C=O) groups excluding carboxylic acids is 1. The van der Waals surface area contributed by atoms with E-state index in [0.29, 0.717) is 5.56 Å². The molecule has 28 heavy (non-hydrogen) atoms. The Morgan fingerprint density at radius 2 is 1.61 bits per heavy atom. The van der Waals surface area contributed by atoms with E-state index in [9.17, 15) is 23.1 Å². The second kappa shape index (κ2) is 8.53. The lowest BCUT2D eigenvalue weighted by Crippen LogP contribution is -2.42. The second-order valence-electron chi connectivity index (χ2n) is 7.31. The Balaban J connectivity index is 2.14. The highest BCUT2D eigenvalue weighted by molar-refractivity contribution is 7.89. The van der Waals surface area contributed by atoms with Crippen LogP contribution in [0.2, 0.25) is 0 Å². The minimum Gasteiger partial charge on any atom is -0.480 e. The summed E-state index contributed by atoms with van der Waals surface area (Å²) < 4.78 is 32.5. The molecule has 2 rings (SSSR count). The van der Waals surface area contributed by atoms with Gasteiger partial charge in [-0.2, -0.15) is 4.72 Å². The van der Waals surface area contributed by atoms with Crippen LogP contribution in [0.25, 0.3) is 0 Å². The van der Waals surface area contributed by atoms with E-state index in [1.54, 1.807) is 51.1 Å². The summed E-state index contributed by atoms with van der Waals surface area (Å²) in [4.78, 5) is 23.3. The van der Waals surface area contributed by atoms with Crippen LogP contribution in [0, 0.1) is 5.41 Å². The van der Waals surface area contributed by atoms with Crippen molar-refractivity contribution in [3.8, 4) is 5.75 Å². The van der Waals surface area contributed by atoms with Crippen LogP contribution in [0.4, 0.5) is 0 Å². The van der Waals surface area contributed by atoms with Crippen molar-refractivity contribution in [2.45, 2.75) is 38.1 Å². The Labute approximate surface area is 164 Å². The Kier molecular flexibility index (Phi) is 6.58. The van der Waals surface area contributed by atoms with Crippen LogP contribution in [0.3, 0.4) is 0 Å². The minimum atomic E-state index is -4.07. The van der Waals surface area contributed by atoms with Crippen LogP contribution in [0.1, 0.15) is 26.3 Å². The maximum atomic E-state index is 12.5. The van der Waals surface area contributed by atoms with E-state index in [-0.39, 0.29) is 17.1 Å². The number of rotatable bonds is 7. The number of hydrogen-bond donors (Lipinski definition) is 2. The smallest absolute Gasteiger partial charge is 0.322 e. The van der Waals surface area contributed by atoms with Gasteiger partial charge in [0.15, 0.2) is 0 Å². The van der Waals surface area contributed by atoms with E-state index in [1.165, 1.54) is 24.3 Å². The SMILES string of the molecule is CC(C)(C)C(=O)Oc1ccc(S(=O)(=O)NC(Cc2ccccc2)C(=O)O)cc1. The van der Waals surface area contributed by atoms with Gasteiger partial charge in [-0.25, -0.2) is 8.42 Å². The zero-order valence-electron chi connectivity index (χ0n) is 15.9. The molecule has 0 amide bonds. The van der Waals surface area contributed by atoms with E-state index >= 15 is 0 Å². The molecule has 8 heteroatoms. The van der Waals surface area contributed by atoms with Gasteiger partial charge in [0.05, 0.1) is 10.3 Å². The number of sulfonamides is 1. The summed E-state index contributed by atoms with van der Waals surface area (Å²) in [5, 5.41) is 9.38. The molecule has 1 unspecified atom stereocenters. The van der Waals surface area contributed by atoms with Gasteiger partial charge >= 0.3 is 11.9 Å². The number of esters is 1. The van der Waals surface area contributed by atoms with Gasteiger partial charge < -0.3 is 9.84 Å². The maximum Gasteiger partial charge on any atom is 0.322 e. The number of carboxylic acid groups (broad SMARTS) is 1. The molecular formula is C20H23NO6S. The van der Waals surface area contributed by atoms with Gasteiger partial charge in [0.1, 0.15) is 11.8 Å². The summed E-state index contributed by atoms with van der Waals surface area (Å²) in [6, 6.07) is 12.6. The quantitative estimate of drug-likeness (QED) is 0.541. The van der Waals surface area contributed by atoms with Crippen LogP contribution in [0.15, 0.2) is 59.5 Å². The topological polar surface area (TPSA) is 110 Å². The monoisotopic (exact) mass is 405 g/mol. The molecule has 2 N–H and O–H groups in total. The highest BCUT2D eigenvalue weighted by Gasteiger charge is 2.26. The number of aliphatic carboxylic acids is 1. The van der Waals surface area contributed by atoms with E-state index in [4.69, 9.17) is 4.74 Å². The summed E-state index contributed by atoms with van der Waals surface area (Å²) in [7, 11) is -4.07. The Bertz CT molecular complexity index is 931. The fourth-order valence-corrected chi connectivity index (χ4v) is 3.42. The van der Waals surface area contributed by atoms with Gasteiger partial charge in [0, 0.05) is 0 Å². The second-order valence-corrected chi connectivity index (χ2v) is 9.03. The summed E-state index contributed by atoms with van der Waals surface area (Å²) >= 11 is 0. The van der Waals surface area contributed by atoms with E-state index in [0.717, 1.165) is 0 Å². The predicted molar refractivity (Wildman–Crippen MR) is 103 cm³/mol. The molecule has 1 atom stereocenters. The molecule has 0 spiro atoms. The lowest BCUT2D eigenvalue weighted by molar-refractivity contribution is -0.143. The zero-order chi connectivity index (χ0) is 20.9. The van der Waals surface area contributed by atoms with Gasteiger partial charge in [-0.3, -0.25) is 9.59 Å². The van der Waals surface area contributed by atoms with Crippen LogP contribution in [-0.2, 0) is 26.0 Å². The molecule has 0 saturated carbocycles. The lowest BCUT2D eigenvalue weighted by atomic mass is 9.97. The molecular weight excluding hydrogens is 382 g/mol. The number of carbonyl (C=O) groups is 2. The number of ether oxygens (including phenoxy) is 1. The molecule has 0 saturated heterocycles. The van der Waals surface area contributed by atoms with Gasteiger partial charge in [-0.15, -0.1) is 0 Å². The zero-order valence-corrected chi connectivity index (χ0v) is 16.7. The van der Waals surface area contributed by atoms with Crippen molar-refractivity contribution < 1.29 is 27.9 Å². The normalized spacial score (nSPS) is 13.0. The number of benzene rings is 2. The Morgan fingerprint density at radius 3 is 2.11 bits per heavy atom. The highest BCUT2D eigenvalue weighted by atomic mass is 32.2. The number of nitrogens with one attached hydrogen (secondary N) is 1. The molecule has 0 fully saturated rings. The third-order valence-electron chi connectivity index (χ3n) is 3.84. The first-order valence-corrected chi connectivity index (χ1v) is 10.1. The third kappa shape index (κ3) is 5.90. The maximum absolute atomic E-state index is 12.5. The third-order valence-corrected chi connectivity index (χ3v) is 5.32. The molecule has 2 aromatic rings. The lowest BCUT2D eigenvalue weighted by Gasteiger charge is -2.17. The first-order valence-electron chi connectivity index (χ1n) is 8.60. The van der Waals surface area contributed by atoms with E-state index in [1.807, 2.05) is 0 Å². The summed E-state index contributed by atoms with van der Waals surface area (Å²) in [5.41, 5.74) is 0.000352. The van der Waals surface area contributed by atoms with Crippen molar-refractivity contribution in [2.75, 3.05) is 0 Å². The van der Waals surface area contributed by atoms with Crippen molar-refractivity contribution in [1.29, 1.82) is 0 Å². The summed E-state index contributed by atoms with van der Waals surface area (Å²) in [6.45, 7) is 5.12. The molecule has 0 bridgehead atoms. The fourth-order valence-electron chi connectivity index (χ4n) is 2.23. The van der Waals surface area contributed by atoms with Crippen LogP contribution in [0.5, 0.6) is 5.75 Å². The van der Waals surface area contributed by atoms with Crippen molar-refractivity contribution in [1.82, 2.24) is 4.72 Å². The van der Waals surface area contributed by atoms with Crippen LogP contribution >= 0.6 is 0 Å². The van der Waals surface area contributed by atoms with Crippen molar-refractivity contribution >= 4 is 22.0 Å². The first-order chi connectivity index (χ1) is 13.0. The number of carboxylic acids is 1. The van der Waals surface area contributed by atoms with E-state index < -0.39 is 33.4 Å². The Morgan fingerprint density at radius 1 is 1.04 bits per heavy atom. The molecule has 150 valence electrons. The molecule has 0 aliphatic rings. The molecule has 7 nitrogen and oxygen atoms in total. The first kappa shape index (κ1) is 21.6. The predicted octanol–water partition coefficient (Wildman–Crippen LogP) is 2.61. The molecule has 0 heterocycles. The summed E-state index contributed by atoms with van der Waals surface area (Å²) in [6.07, 6.45) is 0.0106. The van der Waals surface area contributed by atoms with Crippen molar-refractivity contribution in [2.24, 2.45) is 5.41 Å². The van der Waals surface area contributed by atoms with Crippen LogP contribution < -0.4 is 9.46 Å². The van der Waals surface area contributed by atoms with Crippen molar-refractivity contribution in [3.05, 3.63) is 60.2 Å². The molecule has 0 radical (unpaired) electrons. The fraction of sp³-hybridized carbons (Fsp3) is 0.300. The average Bonchev–Trinajstić information content (AvgIpc) is 2.61. The minimum absolute atomic E-state index is 0.0106. The standard InChI is InChI=1S/C20H23NO6S/c1-20(2,3)19(24)27-15-9-11-16(12-10-15)28(25,26)21-17(18(22)23)13-14-7-5-4-6-8-14/h4-12,17,21H,13H2,1-3H3,(H,22,23). The Hall–Kier alpha value is -2.71. The van der Waals surface area contributed by atoms with Crippen molar-refractivity contribution in [3.63, 3.8) is 0 Å². The van der Waals surface area contributed by atoms with Gasteiger partial charge in [0.25, 0.3) is 0 Å². The molecule has 0 aromatic heterocycles. The van der Waals surface area contributed by atoms with Gasteiger partial charge in [-0.05, 0) is 57.0 Å². The van der Waals surface area contributed by atoms with Crippen LogP contribution in [-0.4, -0.2) is 31.5 Å². The molecule has 0 aliphatic carbocycles. The molecule has 2 aromatic carbocycles. The number of hydrogen-bond acceptors (Lipinski definition) is 5. The summed E-state index contributed by atoms with van der Waals surface area (Å²) in [5.74, 6) is -1.52. The highest BCUT2D eigenvalue weighted by Crippen LogP contribution is 2.21. The average molecular weight is 405 g/mol. The van der Waals surface area contributed by atoms with Gasteiger partial charge in [-0.1, -0.05) is 30.3 Å². The molecule has 0 aliphatic heterocycles.